The van der Waals surface area contributed by atoms with Crippen molar-refractivity contribution in [2.75, 3.05) is 6.54 Å². The van der Waals surface area contributed by atoms with Crippen molar-refractivity contribution in [1.82, 2.24) is 4.98 Å². The maximum Gasteiger partial charge on any atom is 0.140 e. The lowest BCUT2D eigenvalue weighted by molar-refractivity contribution is 0.456. The van der Waals surface area contributed by atoms with Crippen LogP contribution in [0.5, 0.6) is 0 Å². The molecule has 4 aromatic carbocycles. The van der Waals surface area contributed by atoms with Crippen LogP contribution in [-0.4, -0.2) is 17.7 Å². The van der Waals surface area contributed by atoms with E-state index in [1.54, 1.807) is 0 Å². The minimum absolute atomic E-state index is 0.0206. The van der Waals surface area contributed by atoms with E-state index >= 15 is 0 Å². The molecule has 1 aliphatic rings. The number of para-hydroxylation sites is 1. The molecule has 186 valence electrons. The molecule has 0 bridgehead atoms. The van der Waals surface area contributed by atoms with Gasteiger partial charge in [-0.25, -0.2) is 0 Å². The molecule has 3 nitrogen and oxygen atoms in total. The van der Waals surface area contributed by atoms with Gasteiger partial charge in [-0.15, -0.1) is 0 Å². The fourth-order valence-electron chi connectivity index (χ4n) is 5.18. The summed E-state index contributed by atoms with van der Waals surface area (Å²) in [6.07, 6.45) is 7.25. The van der Waals surface area contributed by atoms with Crippen molar-refractivity contribution in [3.63, 3.8) is 0 Å². The van der Waals surface area contributed by atoms with E-state index in [2.05, 4.69) is 121 Å². The Hall–Kier alpha value is -4.63. The van der Waals surface area contributed by atoms with Crippen LogP contribution in [0.4, 0.5) is 0 Å². The molecular formula is C35H30N2O. The Kier molecular flexibility index (Phi) is 6.73. The second-order valence-electron chi connectivity index (χ2n) is 9.63. The summed E-state index contributed by atoms with van der Waals surface area (Å²) in [5, 5.41) is 1.26. The lowest BCUT2D eigenvalue weighted by atomic mass is 9.84. The first-order valence-electron chi connectivity index (χ1n) is 13.1. The molecule has 0 saturated heterocycles. The number of H-pyrrole nitrogens is 1. The van der Waals surface area contributed by atoms with E-state index < -0.39 is 0 Å². The zero-order valence-corrected chi connectivity index (χ0v) is 21.5. The van der Waals surface area contributed by atoms with Gasteiger partial charge in [-0.3, -0.25) is 4.99 Å². The van der Waals surface area contributed by atoms with Crippen molar-refractivity contribution < 1.29 is 4.74 Å². The average molecular weight is 495 g/mol. The lowest BCUT2D eigenvalue weighted by Gasteiger charge is -2.28. The summed E-state index contributed by atoms with van der Waals surface area (Å²) < 4.78 is 6.67. The average Bonchev–Trinajstić information content (AvgIpc) is 3.39. The molecular weight excluding hydrogens is 464 g/mol. The molecule has 0 saturated carbocycles. The number of benzene rings is 4. The van der Waals surface area contributed by atoms with E-state index in [1.807, 2.05) is 18.3 Å². The van der Waals surface area contributed by atoms with Crippen molar-refractivity contribution in [2.24, 2.45) is 4.99 Å². The van der Waals surface area contributed by atoms with Crippen molar-refractivity contribution in [3.05, 3.63) is 155 Å². The van der Waals surface area contributed by atoms with Gasteiger partial charge in [0.05, 0.1) is 0 Å². The van der Waals surface area contributed by atoms with Gasteiger partial charge in [0.15, 0.2) is 0 Å². The third-order valence-corrected chi connectivity index (χ3v) is 7.16. The molecule has 6 rings (SSSR count). The van der Waals surface area contributed by atoms with Crippen molar-refractivity contribution in [3.8, 4) is 0 Å². The third kappa shape index (κ3) is 4.83. The van der Waals surface area contributed by atoms with Crippen LogP contribution in [0.25, 0.3) is 22.4 Å². The second kappa shape index (κ2) is 10.8. The first-order valence-corrected chi connectivity index (χ1v) is 13.1. The molecule has 1 N–H and O–H groups in total. The molecule has 38 heavy (non-hydrogen) atoms. The summed E-state index contributed by atoms with van der Waals surface area (Å²) in [6.45, 7) is 2.87. The SMILES string of the molecule is Cc1ccccc1[C@H]1C=C(c2ccccc2)OC(c2ccccc2)=C1C=NCCc1c[nH]c2ccccc12. The predicted molar refractivity (Wildman–Crippen MR) is 158 cm³/mol. The number of nitrogens with zero attached hydrogens (tertiary/aromatic N) is 1. The molecule has 0 radical (unpaired) electrons. The third-order valence-electron chi connectivity index (χ3n) is 7.16. The first-order chi connectivity index (χ1) is 18.8. The van der Waals surface area contributed by atoms with Crippen molar-refractivity contribution >= 4 is 28.6 Å². The Labute approximate surface area is 223 Å². The van der Waals surface area contributed by atoms with Gasteiger partial charge in [-0.1, -0.05) is 103 Å². The topological polar surface area (TPSA) is 37.4 Å². The Bertz CT molecular complexity index is 1640. The van der Waals surface area contributed by atoms with Crippen molar-refractivity contribution in [1.29, 1.82) is 0 Å². The summed E-state index contributed by atoms with van der Waals surface area (Å²) in [6, 6.07) is 37.7. The minimum Gasteiger partial charge on any atom is -0.456 e. The number of aryl methyl sites for hydroxylation is 1. The highest BCUT2D eigenvalue weighted by molar-refractivity contribution is 5.95. The maximum absolute atomic E-state index is 6.67. The Morgan fingerprint density at radius 1 is 0.789 bits per heavy atom. The number of hydrogen-bond acceptors (Lipinski definition) is 2. The van der Waals surface area contributed by atoms with Crippen LogP contribution in [0, 0.1) is 6.92 Å². The largest absolute Gasteiger partial charge is 0.456 e. The second-order valence-corrected chi connectivity index (χ2v) is 9.63. The predicted octanol–water partition coefficient (Wildman–Crippen LogP) is 8.36. The molecule has 0 amide bonds. The summed E-state index contributed by atoms with van der Waals surface area (Å²) in [7, 11) is 0. The standard InChI is InChI=1S/C35H30N2O/c1-25-12-8-9-17-29(25)31-22-34(26-13-4-2-5-14-26)38-35(27-15-6-3-7-16-27)32(31)24-36-21-20-28-23-37-33-19-11-10-18-30(28)33/h2-19,22-24,31,37H,20-21H2,1H3/t31-/m1/s1. The Balaban J connectivity index is 1.40. The molecule has 1 atom stereocenters. The molecule has 0 fully saturated rings. The van der Waals surface area contributed by atoms with Crippen LogP contribution in [0.1, 0.15) is 33.7 Å². The number of hydrogen-bond donors (Lipinski definition) is 1. The molecule has 0 spiro atoms. The van der Waals surface area contributed by atoms with Crippen LogP contribution in [0.15, 0.2) is 132 Å². The molecule has 1 aliphatic heterocycles. The highest BCUT2D eigenvalue weighted by atomic mass is 16.5. The monoisotopic (exact) mass is 494 g/mol. The number of aromatic amines is 1. The number of rotatable bonds is 7. The van der Waals surface area contributed by atoms with Gasteiger partial charge in [0.25, 0.3) is 0 Å². The van der Waals surface area contributed by atoms with Gasteiger partial charge in [-0.2, -0.15) is 0 Å². The normalized spacial score (nSPS) is 15.6. The highest BCUT2D eigenvalue weighted by Crippen LogP contribution is 2.41. The number of fused-ring (bicyclic) bond motifs is 1. The van der Waals surface area contributed by atoms with E-state index in [4.69, 9.17) is 9.73 Å². The number of nitrogens with one attached hydrogen (secondary N) is 1. The maximum atomic E-state index is 6.67. The summed E-state index contributed by atoms with van der Waals surface area (Å²) in [4.78, 5) is 8.32. The molecule has 0 unspecified atom stereocenters. The van der Waals surface area contributed by atoms with Gasteiger partial charge in [0.2, 0.25) is 0 Å². The summed E-state index contributed by atoms with van der Waals surface area (Å²) in [5.41, 5.74) is 8.15. The molecule has 2 heterocycles. The Morgan fingerprint density at radius 3 is 2.26 bits per heavy atom. The molecule has 0 aliphatic carbocycles. The van der Waals surface area contributed by atoms with Crippen LogP contribution in [0.2, 0.25) is 0 Å². The van der Waals surface area contributed by atoms with Crippen LogP contribution < -0.4 is 0 Å². The van der Waals surface area contributed by atoms with Gasteiger partial charge in [0.1, 0.15) is 11.5 Å². The fraction of sp³-hybridized carbons (Fsp3) is 0.114. The van der Waals surface area contributed by atoms with Crippen molar-refractivity contribution in [2.45, 2.75) is 19.3 Å². The fourth-order valence-corrected chi connectivity index (χ4v) is 5.18. The number of allylic oxidation sites excluding steroid dienone is 2. The smallest absolute Gasteiger partial charge is 0.140 e. The summed E-state index contributed by atoms with van der Waals surface area (Å²) >= 11 is 0. The van der Waals surface area contributed by atoms with Gasteiger partial charge >= 0.3 is 0 Å². The number of ether oxygens (including phenoxy) is 1. The van der Waals surface area contributed by atoms with E-state index in [9.17, 15) is 0 Å². The quantitative estimate of drug-likeness (QED) is 0.227. The van der Waals surface area contributed by atoms with Crippen LogP contribution in [-0.2, 0) is 11.2 Å². The van der Waals surface area contributed by atoms with Gasteiger partial charge in [0, 0.05) is 52.5 Å². The van der Waals surface area contributed by atoms with E-state index in [0.717, 1.165) is 34.6 Å². The van der Waals surface area contributed by atoms with Gasteiger partial charge in [-0.05, 0) is 42.2 Å². The minimum atomic E-state index is 0.0206. The highest BCUT2D eigenvalue weighted by Gasteiger charge is 2.27. The first kappa shape index (κ1) is 23.7. The zero-order chi connectivity index (χ0) is 25.7. The Morgan fingerprint density at radius 2 is 1.47 bits per heavy atom. The summed E-state index contributed by atoms with van der Waals surface area (Å²) in [5.74, 6) is 1.75. The van der Waals surface area contributed by atoms with Crippen LogP contribution in [0.3, 0.4) is 0 Å². The van der Waals surface area contributed by atoms with E-state index in [1.165, 1.54) is 27.6 Å². The zero-order valence-electron chi connectivity index (χ0n) is 21.5. The molecule has 1 aromatic heterocycles. The molecule has 3 heteroatoms. The van der Waals surface area contributed by atoms with E-state index in [-0.39, 0.29) is 5.92 Å². The number of aromatic nitrogens is 1. The van der Waals surface area contributed by atoms with Gasteiger partial charge < -0.3 is 9.72 Å². The lowest BCUT2D eigenvalue weighted by Crippen LogP contribution is -2.13. The van der Waals surface area contributed by atoms with E-state index in [0.29, 0.717) is 6.54 Å². The molecule has 5 aromatic rings. The van der Waals surface area contributed by atoms with Crippen LogP contribution >= 0.6 is 0 Å². The number of aliphatic imine (C=N–C) groups is 1.